The molecule has 0 aliphatic rings. The maximum atomic E-state index is 13.7. The van der Waals surface area contributed by atoms with Crippen LogP contribution < -0.4 is 0 Å². The minimum Gasteiger partial charge on any atom is -0.319 e. The monoisotopic (exact) mass is 394 g/mol. The lowest BCUT2D eigenvalue weighted by Crippen LogP contribution is -2.03. The molecule has 0 saturated heterocycles. The average molecular weight is 394 g/mol. The van der Waals surface area contributed by atoms with Crippen molar-refractivity contribution in [1.82, 2.24) is 9.55 Å². The predicted molar refractivity (Wildman–Crippen MR) is 112 cm³/mol. The van der Waals surface area contributed by atoms with Gasteiger partial charge >= 0.3 is 0 Å². The fourth-order valence-corrected chi connectivity index (χ4v) is 4.00. The first-order valence-electron chi connectivity index (χ1n) is 9.28. The Bertz CT molecular complexity index is 1110. The minimum atomic E-state index is -0.833. The first-order chi connectivity index (χ1) is 13.7. The number of halogens is 2. The summed E-state index contributed by atoms with van der Waals surface area (Å²) in [5.41, 5.74) is 3.57. The number of imidazole rings is 1. The SMILES string of the molecule is CCCSc1ccc2nc(-c3ccccc3)n(Cc3ccc(F)c(F)c3)c2c1. The molecule has 0 bridgehead atoms. The van der Waals surface area contributed by atoms with E-state index in [9.17, 15) is 8.78 Å². The van der Waals surface area contributed by atoms with E-state index in [-0.39, 0.29) is 0 Å². The van der Waals surface area contributed by atoms with Gasteiger partial charge in [0, 0.05) is 17.0 Å². The van der Waals surface area contributed by atoms with Crippen LogP contribution in [0.3, 0.4) is 0 Å². The molecule has 0 N–H and O–H groups in total. The van der Waals surface area contributed by atoms with Crippen LogP contribution in [-0.4, -0.2) is 15.3 Å². The van der Waals surface area contributed by atoms with E-state index < -0.39 is 11.6 Å². The normalized spacial score (nSPS) is 11.2. The molecule has 1 heterocycles. The number of nitrogens with zero attached hydrogens (tertiary/aromatic N) is 2. The Morgan fingerprint density at radius 3 is 2.50 bits per heavy atom. The van der Waals surface area contributed by atoms with Crippen molar-refractivity contribution >= 4 is 22.8 Å². The molecule has 0 aliphatic carbocycles. The van der Waals surface area contributed by atoms with Crippen LogP contribution in [0.4, 0.5) is 8.78 Å². The van der Waals surface area contributed by atoms with Crippen molar-refractivity contribution in [2.75, 3.05) is 5.75 Å². The zero-order valence-electron chi connectivity index (χ0n) is 15.5. The van der Waals surface area contributed by atoms with Gasteiger partial charge in [0.25, 0.3) is 0 Å². The van der Waals surface area contributed by atoms with Gasteiger partial charge in [0.1, 0.15) is 5.82 Å². The molecule has 0 radical (unpaired) electrons. The van der Waals surface area contributed by atoms with Crippen LogP contribution in [0.1, 0.15) is 18.9 Å². The number of fused-ring (bicyclic) bond motifs is 1. The molecular formula is C23H20F2N2S. The summed E-state index contributed by atoms with van der Waals surface area (Å²) in [5, 5.41) is 0. The van der Waals surface area contributed by atoms with Gasteiger partial charge in [-0.25, -0.2) is 13.8 Å². The van der Waals surface area contributed by atoms with E-state index in [0.717, 1.165) is 34.6 Å². The van der Waals surface area contributed by atoms with E-state index in [0.29, 0.717) is 12.1 Å². The molecule has 0 amide bonds. The molecule has 142 valence electrons. The highest BCUT2D eigenvalue weighted by Gasteiger charge is 2.14. The van der Waals surface area contributed by atoms with Gasteiger partial charge in [-0.2, -0.15) is 0 Å². The third-order valence-corrected chi connectivity index (χ3v) is 5.75. The topological polar surface area (TPSA) is 17.8 Å². The smallest absolute Gasteiger partial charge is 0.159 e. The predicted octanol–water partition coefficient (Wildman–Crippen LogP) is 6.53. The Morgan fingerprint density at radius 2 is 1.75 bits per heavy atom. The van der Waals surface area contributed by atoms with E-state index in [1.807, 2.05) is 48.2 Å². The maximum absolute atomic E-state index is 13.7. The van der Waals surface area contributed by atoms with Gasteiger partial charge in [-0.1, -0.05) is 43.3 Å². The molecule has 0 atom stereocenters. The lowest BCUT2D eigenvalue weighted by molar-refractivity contribution is 0.506. The Kier molecular flexibility index (Phi) is 5.44. The zero-order chi connectivity index (χ0) is 19.5. The zero-order valence-corrected chi connectivity index (χ0v) is 16.3. The van der Waals surface area contributed by atoms with Crippen molar-refractivity contribution in [3.8, 4) is 11.4 Å². The molecule has 3 aromatic carbocycles. The van der Waals surface area contributed by atoms with Crippen LogP contribution in [0, 0.1) is 11.6 Å². The number of hydrogen-bond donors (Lipinski definition) is 0. The van der Waals surface area contributed by atoms with E-state index in [1.165, 1.54) is 17.0 Å². The summed E-state index contributed by atoms with van der Waals surface area (Å²) in [6.07, 6.45) is 1.10. The third-order valence-electron chi connectivity index (χ3n) is 4.55. The second-order valence-electron chi connectivity index (χ2n) is 6.64. The minimum absolute atomic E-state index is 0.416. The van der Waals surface area contributed by atoms with E-state index in [4.69, 9.17) is 4.98 Å². The van der Waals surface area contributed by atoms with Crippen molar-refractivity contribution in [1.29, 1.82) is 0 Å². The summed E-state index contributed by atoms with van der Waals surface area (Å²) in [4.78, 5) is 6.01. The molecule has 28 heavy (non-hydrogen) atoms. The standard InChI is InChI=1S/C23H20F2N2S/c1-2-12-28-18-9-11-21-22(14-18)27(15-16-8-10-19(24)20(25)13-16)23(26-21)17-6-4-3-5-7-17/h3-11,13-14H,2,12,15H2,1H3. The Balaban J connectivity index is 1.84. The van der Waals surface area contributed by atoms with Gasteiger partial charge in [-0.05, 0) is 48.1 Å². The summed E-state index contributed by atoms with van der Waals surface area (Å²) in [7, 11) is 0. The van der Waals surface area contributed by atoms with E-state index in [1.54, 1.807) is 6.07 Å². The summed E-state index contributed by atoms with van der Waals surface area (Å²) in [6, 6.07) is 20.2. The van der Waals surface area contributed by atoms with Crippen molar-refractivity contribution < 1.29 is 8.78 Å². The molecule has 5 heteroatoms. The number of thioether (sulfide) groups is 1. The lowest BCUT2D eigenvalue weighted by atomic mass is 10.2. The summed E-state index contributed by atoms with van der Waals surface area (Å²) < 4.78 is 29.2. The average Bonchev–Trinajstić information content (AvgIpc) is 3.07. The van der Waals surface area contributed by atoms with Gasteiger partial charge in [0.2, 0.25) is 0 Å². The summed E-state index contributed by atoms with van der Waals surface area (Å²) in [6.45, 7) is 2.58. The molecule has 0 fully saturated rings. The highest BCUT2D eigenvalue weighted by Crippen LogP contribution is 2.29. The molecule has 4 aromatic rings. The quantitative estimate of drug-likeness (QED) is 0.346. The molecular weight excluding hydrogens is 374 g/mol. The molecule has 0 aliphatic heterocycles. The first-order valence-corrected chi connectivity index (χ1v) is 10.3. The molecule has 0 spiro atoms. The Labute approximate surface area is 167 Å². The van der Waals surface area contributed by atoms with E-state index >= 15 is 0 Å². The summed E-state index contributed by atoms with van der Waals surface area (Å²) >= 11 is 1.81. The second-order valence-corrected chi connectivity index (χ2v) is 7.80. The highest BCUT2D eigenvalue weighted by atomic mass is 32.2. The van der Waals surface area contributed by atoms with Crippen LogP contribution >= 0.6 is 11.8 Å². The lowest BCUT2D eigenvalue weighted by Gasteiger charge is -2.11. The molecule has 0 unspecified atom stereocenters. The maximum Gasteiger partial charge on any atom is 0.159 e. The largest absolute Gasteiger partial charge is 0.319 e. The van der Waals surface area contributed by atoms with Crippen LogP contribution in [0.5, 0.6) is 0 Å². The highest BCUT2D eigenvalue weighted by molar-refractivity contribution is 7.99. The van der Waals surface area contributed by atoms with Crippen molar-refractivity contribution in [3.05, 3.63) is 83.9 Å². The van der Waals surface area contributed by atoms with Gasteiger partial charge in [-0.3, -0.25) is 0 Å². The Morgan fingerprint density at radius 1 is 0.929 bits per heavy atom. The van der Waals surface area contributed by atoms with Gasteiger partial charge in [0.05, 0.1) is 11.0 Å². The van der Waals surface area contributed by atoms with E-state index in [2.05, 4.69) is 23.6 Å². The molecule has 2 nitrogen and oxygen atoms in total. The first kappa shape index (κ1) is 18.7. The van der Waals surface area contributed by atoms with Crippen molar-refractivity contribution in [3.63, 3.8) is 0 Å². The molecule has 0 saturated carbocycles. The van der Waals surface area contributed by atoms with Crippen molar-refractivity contribution in [2.45, 2.75) is 24.8 Å². The molecule has 1 aromatic heterocycles. The fourth-order valence-electron chi connectivity index (χ4n) is 3.20. The third kappa shape index (κ3) is 3.80. The fraction of sp³-hybridized carbons (Fsp3) is 0.174. The number of hydrogen-bond acceptors (Lipinski definition) is 2. The van der Waals surface area contributed by atoms with Gasteiger partial charge in [-0.15, -0.1) is 11.8 Å². The summed E-state index contributed by atoms with van der Waals surface area (Å²) in [5.74, 6) is 0.204. The number of rotatable bonds is 6. The Hall–Kier alpha value is -2.66. The number of aromatic nitrogens is 2. The van der Waals surface area contributed by atoms with Gasteiger partial charge < -0.3 is 4.57 Å². The van der Waals surface area contributed by atoms with Crippen LogP contribution in [0.15, 0.2) is 71.6 Å². The van der Waals surface area contributed by atoms with Crippen LogP contribution in [-0.2, 0) is 6.54 Å². The molecule has 4 rings (SSSR count). The van der Waals surface area contributed by atoms with Crippen molar-refractivity contribution in [2.24, 2.45) is 0 Å². The van der Waals surface area contributed by atoms with Crippen LogP contribution in [0.25, 0.3) is 22.4 Å². The number of benzene rings is 3. The second kappa shape index (κ2) is 8.15. The van der Waals surface area contributed by atoms with Crippen LogP contribution in [0.2, 0.25) is 0 Å². The van der Waals surface area contributed by atoms with Gasteiger partial charge in [0.15, 0.2) is 11.6 Å².